The number of hydrogen-bond acceptors (Lipinski definition) is 3. The van der Waals surface area contributed by atoms with Crippen molar-refractivity contribution in [1.82, 2.24) is 0 Å². The van der Waals surface area contributed by atoms with Crippen LogP contribution in [0.2, 0.25) is 0 Å². The fourth-order valence-electron chi connectivity index (χ4n) is 3.06. The zero-order chi connectivity index (χ0) is 17.8. The highest BCUT2D eigenvalue weighted by molar-refractivity contribution is 5.95. The fourth-order valence-corrected chi connectivity index (χ4v) is 3.06. The van der Waals surface area contributed by atoms with Crippen LogP contribution in [0.15, 0.2) is 42.5 Å². The second-order valence-corrected chi connectivity index (χ2v) is 6.36. The van der Waals surface area contributed by atoms with Crippen molar-refractivity contribution in [2.75, 3.05) is 23.4 Å². The van der Waals surface area contributed by atoms with Gasteiger partial charge in [0.2, 0.25) is 5.91 Å². The molecule has 0 aliphatic carbocycles. The number of ether oxygens (including phenoxy) is 1. The highest BCUT2D eigenvalue weighted by atomic mass is 16.5. The zero-order valence-corrected chi connectivity index (χ0v) is 14.5. The van der Waals surface area contributed by atoms with Crippen LogP contribution in [-0.4, -0.2) is 25.0 Å². The predicted octanol–water partition coefficient (Wildman–Crippen LogP) is 3.45. The van der Waals surface area contributed by atoms with Gasteiger partial charge >= 0.3 is 0 Å². The van der Waals surface area contributed by atoms with E-state index in [0.29, 0.717) is 12.2 Å². The van der Waals surface area contributed by atoms with Gasteiger partial charge < -0.3 is 15.0 Å². The van der Waals surface area contributed by atoms with Crippen molar-refractivity contribution in [1.29, 1.82) is 0 Å². The second-order valence-electron chi connectivity index (χ2n) is 6.36. The molecule has 2 amide bonds. The Labute approximate surface area is 147 Å². The highest BCUT2D eigenvalue weighted by Gasteiger charge is 2.21. The number of hydrogen-bond donors (Lipinski definition) is 1. The van der Waals surface area contributed by atoms with E-state index in [0.717, 1.165) is 35.5 Å². The lowest BCUT2D eigenvalue weighted by Crippen LogP contribution is -2.24. The molecule has 1 aliphatic heterocycles. The van der Waals surface area contributed by atoms with E-state index in [2.05, 4.69) is 11.4 Å². The molecule has 1 aliphatic rings. The Balaban J connectivity index is 1.59. The Morgan fingerprint density at radius 1 is 1.16 bits per heavy atom. The van der Waals surface area contributed by atoms with Gasteiger partial charge in [0.15, 0.2) is 6.61 Å². The highest BCUT2D eigenvalue weighted by Crippen LogP contribution is 2.25. The summed E-state index contributed by atoms with van der Waals surface area (Å²) in [6.07, 6.45) is 1.46. The van der Waals surface area contributed by atoms with Gasteiger partial charge in [-0.3, -0.25) is 9.59 Å². The van der Waals surface area contributed by atoms with Crippen LogP contribution in [0.25, 0.3) is 0 Å². The molecule has 1 N–H and O–H groups in total. The number of nitrogens with one attached hydrogen (secondary N) is 1. The van der Waals surface area contributed by atoms with Crippen molar-refractivity contribution in [2.45, 2.75) is 26.7 Å². The Morgan fingerprint density at radius 3 is 2.60 bits per heavy atom. The molecule has 1 fully saturated rings. The molecule has 5 heteroatoms. The first kappa shape index (κ1) is 17.0. The lowest BCUT2D eigenvalue weighted by atomic mass is 10.1. The molecule has 0 atom stereocenters. The molecule has 0 bridgehead atoms. The fraction of sp³-hybridized carbons (Fsp3) is 0.300. The molecule has 0 unspecified atom stereocenters. The number of benzene rings is 2. The SMILES string of the molecule is Cc1cc(C)cc(NC(=O)COc2cccc(N3CCCC3=O)c2)c1. The molecule has 0 aromatic heterocycles. The molecule has 1 heterocycles. The van der Waals surface area contributed by atoms with Crippen LogP contribution in [-0.2, 0) is 9.59 Å². The molecule has 2 aromatic carbocycles. The largest absolute Gasteiger partial charge is 0.484 e. The van der Waals surface area contributed by atoms with Crippen molar-refractivity contribution in [2.24, 2.45) is 0 Å². The molecule has 130 valence electrons. The smallest absolute Gasteiger partial charge is 0.262 e. The third-order valence-corrected chi connectivity index (χ3v) is 4.08. The van der Waals surface area contributed by atoms with Gasteiger partial charge in [-0.05, 0) is 55.7 Å². The molecule has 25 heavy (non-hydrogen) atoms. The molecule has 0 saturated carbocycles. The van der Waals surface area contributed by atoms with Crippen LogP contribution < -0.4 is 15.0 Å². The van der Waals surface area contributed by atoms with Gasteiger partial charge in [-0.1, -0.05) is 12.1 Å². The van der Waals surface area contributed by atoms with E-state index in [4.69, 9.17) is 4.74 Å². The molecular formula is C20H22N2O3. The topological polar surface area (TPSA) is 58.6 Å². The van der Waals surface area contributed by atoms with Crippen molar-refractivity contribution < 1.29 is 14.3 Å². The van der Waals surface area contributed by atoms with E-state index in [1.165, 1.54) is 0 Å². The Bertz CT molecular complexity index is 781. The minimum Gasteiger partial charge on any atom is -0.484 e. The lowest BCUT2D eigenvalue weighted by molar-refractivity contribution is -0.118. The number of amides is 2. The van der Waals surface area contributed by atoms with E-state index >= 15 is 0 Å². The summed E-state index contributed by atoms with van der Waals surface area (Å²) in [5.41, 5.74) is 3.77. The molecule has 2 aromatic rings. The van der Waals surface area contributed by atoms with Gasteiger partial charge in [0.1, 0.15) is 5.75 Å². The first-order valence-electron chi connectivity index (χ1n) is 8.43. The first-order chi connectivity index (χ1) is 12.0. The Morgan fingerprint density at radius 2 is 1.92 bits per heavy atom. The quantitative estimate of drug-likeness (QED) is 0.908. The maximum Gasteiger partial charge on any atom is 0.262 e. The maximum absolute atomic E-state index is 12.1. The van der Waals surface area contributed by atoms with Crippen LogP contribution in [0.5, 0.6) is 5.75 Å². The first-order valence-corrected chi connectivity index (χ1v) is 8.43. The number of rotatable bonds is 5. The van der Waals surface area contributed by atoms with E-state index in [9.17, 15) is 9.59 Å². The van der Waals surface area contributed by atoms with Crippen LogP contribution >= 0.6 is 0 Å². The van der Waals surface area contributed by atoms with E-state index < -0.39 is 0 Å². The second kappa shape index (κ2) is 7.38. The van der Waals surface area contributed by atoms with Gasteiger partial charge in [-0.25, -0.2) is 0 Å². The monoisotopic (exact) mass is 338 g/mol. The van der Waals surface area contributed by atoms with Crippen LogP contribution in [0.3, 0.4) is 0 Å². The molecule has 5 nitrogen and oxygen atoms in total. The normalized spacial score (nSPS) is 13.8. The molecular weight excluding hydrogens is 316 g/mol. The summed E-state index contributed by atoms with van der Waals surface area (Å²) in [7, 11) is 0. The molecule has 0 radical (unpaired) electrons. The predicted molar refractivity (Wildman–Crippen MR) is 98.1 cm³/mol. The Kier molecular flexibility index (Phi) is 5.03. The molecule has 3 rings (SSSR count). The van der Waals surface area contributed by atoms with Gasteiger partial charge in [0.25, 0.3) is 5.91 Å². The van der Waals surface area contributed by atoms with E-state index in [1.807, 2.05) is 38.1 Å². The lowest BCUT2D eigenvalue weighted by Gasteiger charge is -2.16. The van der Waals surface area contributed by atoms with Crippen molar-refractivity contribution in [3.63, 3.8) is 0 Å². The average molecular weight is 338 g/mol. The van der Waals surface area contributed by atoms with Gasteiger partial charge in [0.05, 0.1) is 0 Å². The standard InChI is InChI=1S/C20H22N2O3/c1-14-9-15(2)11-16(10-14)21-19(23)13-25-18-6-3-5-17(12-18)22-8-4-7-20(22)24/h3,5-6,9-12H,4,7-8,13H2,1-2H3,(H,21,23). The van der Waals surface area contributed by atoms with Gasteiger partial charge in [0, 0.05) is 30.4 Å². The van der Waals surface area contributed by atoms with Crippen LogP contribution in [0, 0.1) is 13.8 Å². The summed E-state index contributed by atoms with van der Waals surface area (Å²) in [6, 6.07) is 13.2. The number of carbonyl (C=O) groups excluding carboxylic acids is 2. The summed E-state index contributed by atoms with van der Waals surface area (Å²) in [5.74, 6) is 0.491. The zero-order valence-electron chi connectivity index (χ0n) is 14.5. The van der Waals surface area contributed by atoms with Gasteiger partial charge in [-0.2, -0.15) is 0 Å². The summed E-state index contributed by atoms with van der Waals surface area (Å²) in [6.45, 7) is 4.63. The third kappa shape index (κ3) is 4.38. The van der Waals surface area contributed by atoms with Crippen LogP contribution in [0.1, 0.15) is 24.0 Å². The molecule has 0 spiro atoms. The summed E-state index contributed by atoms with van der Waals surface area (Å²) >= 11 is 0. The number of carbonyl (C=O) groups is 2. The summed E-state index contributed by atoms with van der Waals surface area (Å²) in [5, 5.41) is 2.84. The summed E-state index contributed by atoms with van der Waals surface area (Å²) in [4.78, 5) is 25.7. The van der Waals surface area contributed by atoms with Gasteiger partial charge in [-0.15, -0.1) is 0 Å². The number of nitrogens with zero attached hydrogens (tertiary/aromatic N) is 1. The number of anilines is 2. The van der Waals surface area contributed by atoms with Crippen LogP contribution in [0.4, 0.5) is 11.4 Å². The summed E-state index contributed by atoms with van der Waals surface area (Å²) < 4.78 is 5.59. The minimum absolute atomic E-state index is 0.0790. The van der Waals surface area contributed by atoms with E-state index in [-0.39, 0.29) is 18.4 Å². The molecule has 1 saturated heterocycles. The minimum atomic E-state index is -0.215. The maximum atomic E-state index is 12.1. The number of aryl methyl sites for hydroxylation is 2. The van der Waals surface area contributed by atoms with Crippen molar-refractivity contribution in [3.8, 4) is 5.75 Å². The van der Waals surface area contributed by atoms with E-state index in [1.54, 1.807) is 17.0 Å². The Hall–Kier alpha value is -2.82. The van der Waals surface area contributed by atoms with Crippen molar-refractivity contribution >= 4 is 23.2 Å². The van der Waals surface area contributed by atoms with Crippen molar-refractivity contribution in [3.05, 3.63) is 53.6 Å². The average Bonchev–Trinajstić information content (AvgIpc) is 2.98. The third-order valence-electron chi connectivity index (χ3n) is 4.08.